The van der Waals surface area contributed by atoms with E-state index in [9.17, 15) is 13.6 Å². The summed E-state index contributed by atoms with van der Waals surface area (Å²) in [6.07, 6.45) is 4.38. The molecule has 1 aromatic carbocycles. The largest absolute Gasteiger partial charge is 0.369 e. The lowest BCUT2D eigenvalue weighted by Crippen LogP contribution is -2.46. The number of fused-ring (bicyclic) bond motifs is 2. The summed E-state index contributed by atoms with van der Waals surface area (Å²) in [4.78, 5) is 26.2. The lowest BCUT2D eigenvalue weighted by molar-refractivity contribution is 0.125. The first kappa shape index (κ1) is 20.1. The van der Waals surface area contributed by atoms with Crippen LogP contribution in [0.5, 0.6) is 0 Å². The molecule has 1 saturated heterocycles. The highest BCUT2D eigenvalue weighted by Gasteiger charge is 2.20. The average molecular weight is 428 g/mol. The van der Waals surface area contributed by atoms with E-state index in [0.29, 0.717) is 10.9 Å². The third-order valence-corrected chi connectivity index (χ3v) is 6.23. The summed E-state index contributed by atoms with van der Waals surface area (Å²) in [5.74, 6) is 1.22. The van der Waals surface area contributed by atoms with Gasteiger partial charge in [-0.15, -0.1) is 0 Å². The molecular formula is C22H26F2N6O. The molecule has 0 radical (unpaired) electrons. The zero-order valence-electron chi connectivity index (χ0n) is 17.4. The molecule has 0 saturated carbocycles. The summed E-state index contributed by atoms with van der Waals surface area (Å²) in [5.41, 5.74) is 2.27. The van der Waals surface area contributed by atoms with Crippen LogP contribution in [0.3, 0.4) is 0 Å². The molecule has 2 aromatic heterocycles. The molecule has 9 heteroatoms. The Bertz CT molecular complexity index is 1110. The lowest BCUT2D eigenvalue weighted by Gasteiger charge is -2.35. The van der Waals surface area contributed by atoms with Gasteiger partial charge in [-0.1, -0.05) is 0 Å². The van der Waals surface area contributed by atoms with Crippen LogP contribution in [-0.2, 0) is 26.1 Å². The first-order valence-electron chi connectivity index (χ1n) is 10.9. The Morgan fingerprint density at radius 2 is 1.90 bits per heavy atom. The second-order valence-corrected chi connectivity index (χ2v) is 8.36. The van der Waals surface area contributed by atoms with Crippen molar-refractivity contribution in [3.05, 3.63) is 52.6 Å². The van der Waals surface area contributed by atoms with Gasteiger partial charge >= 0.3 is 0 Å². The number of imidazole rings is 1. The van der Waals surface area contributed by atoms with Gasteiger partial charge in [0.2, 0.25) is 0 Å². The van der Waals surface area contributed by atoms with Gasteiger partial charge in [-0.25, -0.2) is 18.7 Å². The number of hydrogen-bond donors (Lipinski definition) is 0. The second-order valence-electron chi connectivity index (χ2n) is 8.36. The number of rotatable bonds is 5. The zero-order valence-corrected chi connectivity index (χ0v) is 17.4. The van der Waals surface area contributed by atoms with Gasteiger partial charge in [-0.3, -0.25) is 14.3 Å². The minimum atomic E-state index is -2.58. The summed E-state index contributed by atoms with van der Waals surface area (Å²) in [6, 6.07) is 5.46. The Hall–Kier alpha value is -2.81. The van der Waals surface area contributed by atoms with Crippen LogP contribution in [0.2, 0.25) is 0 Å². The fourth-order valence-electron chi connectivity index (χ4n) is 4.56. The molecule has 164 valence electrons. The fourth-order valence-corrected chi connectivity index (χ4v) is 4.56. The van der Waals surface area contributed by atoms with Gasteiger partial charge in [0.05, 0.1) is 29.5 Å². The number of piperazine rings is 1. The van der Waals surface area contributed by atoms with Crippen molar-refractivity contribution in [2.24, 2.45) is 0 Å². The second kappa shape index (κ2) is 8.37. The topological polar surface area (TPSA) is 59.2 Å². The van der Waals surface area contributed by atoms with E-state index in [1.165, 1.54) is 25.0 Å². The highest BCUT2D eigenvalue weighted by atomic mass is 19.3. The maximum Gasteiger partial charge on any atom is 0.261 e. The smallest absolute Gasteiger partial charge is 0.261 e. The lowest BCUT2D eigenvalue weighted by atomic mass is 10.2. The molecule has 0 aliphatic carbocycles. The monoisotopic (exact) mass is 428 g/mol. The van der Waals surface area contributed by atoms with E-state index >= 15 is 0 Å². The summed E-state index contributed by atoms with van der Waals surface area (Å²) in [6.45, 7) is 4.94. The summed E-state index contributed by atoms with van der Waals surface area (Å²) >= 11 is 0. The maximum atomic E-state index is 12.6. The summed E-state index contributed by atoms with van der Waals surface area (Å²) < 4.78 is 28.5. The number of nitrogens with zero attached hydrogens (tertiary/aromatic N) is 6. The SMILES string of the molecule is O=c1c2ccc(N3CCN(Cc4cn5c(n4)CCCC5)CC3)cc2ncn1CC(F)F. The molecule has 3 aromatic rings. The van der Waals surface area contributed by atoms with Gasteiger partial charge in [0.1, 0.15) is 5.82 Å². The molecule has 1 fully saturated rings. The molecule has 5 rings (SSSR count). The predicted octanol–water partition coefficient (Wildman–Crippen LogP) is 2.52. The number of aromatic nitrogens is 4. The van der Waals surface area contributed by atoms with Crippen molar-refractivity contribution in [3.63, 3.8) is 0 Å². The number of benzene rings is 1. The van der Waals surface area contributed by atoms with Crippen molar-refractivity contribution in [1.29, 1.82) is 0 Å². The fraction of sp³-hybridized carbons (Fsp3) is 0.500. The van der Waals surface area contributed by atoms with Crippen LogP contribution in [0.25, 0.3) is 10.9 Å². The van der Waals surface area contributed by atoms with Crippen LogP contribution in [0.4, 0.5) is 14.5 Å². The molecule has 0 amide bonds. The van der Waals surface area contributed by atoms with Gasteiger partial charge in [0.25, 0.3) is 12.0 Å². The Labute approximate surface area is 178 Å². The van der Waals surface area contributed by atoms with E-state index in [1.807, 2.05) is 12.1 Å². The van der Waals surface area contributed by atoms with Crippen LogP contribution < -0.4 is 10.5 Å². The molecule has 2 aliphatic rings. The van der Waals surface area contributed by atoms with Gasteiger partial charge in [-0.2, -0.15) is 0 Å². The van der Waals surface area contributed by atoms with Crippen LogP contribution in [0, 0.1) is 0 Å². The molecule has 7 nitrogen and oxygen atoms in total. The molecule has 0 N–H and O–H groups in total. The quantitative estimate of drug-likeness (QED) is 0.625. The van der Waals surface area contributed by atoms with Crippen molar-refractivity contribution < 1.29 is 8.78 Å². The van der Waals surface area contributed by atoms with Crippen molar-refractivity contribution in [2.75, 3.05) is 31.1 Å². The number of anilines is 1. The number of alkyl halides is 2. The molecular weight excluding hydrogens is 402 g/mol. The third kappa shape index (κ3) is 4.19. The Morgan fingerprint density at radius 1 is 1.06 bits per heavy atom. The highest BCUT2D eigenvalue weighted by molar-refractivity contribution is 5.81. The molecule has 31 heavy (non-hydrogen) atoms. The highest BCUT2D eigenvalue weighted by Crippen LogP contribution is 2.22. The molecule has 4 heterocycles. The van der Waals surface area contributed by atoms with Crippen LogP contribution in [0.15, 0.2) is 35.5 Å². The number of hydrogen-bond acceptors (Lipinski definition) is 5. The molecule has 2 aliphatic heterocycles. The Morgan fingerprint density at radius 3 is 2.68 bits per heavy atom. The zero-order chi connectivity index (χ0) is 21.4. The minimum absolute atomic E-state index is 0.370. The predicted molar refractivity (Wildman–Crippen MR) is 115 cm³/mol. The number of aryl methyl sites for hydroxylation is 2. The third-order valence-electron chi connectivity index (χ3n) is 6.23. The normalized spacial score (nSPS) is 17.5. The van der Waals surface area contributed by atoms with Crippen molar-refractivity contribution in [2.45, 2.75) is 45.3 Å². The molecule has 0 spiro atoms. The maximum absolute atomic E-state index is 12.6. The van der Waals surface area contributed by atoms with Gasteiger partial charge < -0.3 is 9.47 Å². The van der Waals surface area contributed by atoms with Crippen molar-refractivity contribution in [1.82, 2.24) is 24.0 Å². The minimum Gasteiger partial charge on any atom is -0.369 e. The standard InChI is InChI=1S/C22H26F2N6O/c23-20(24)14-30-15-25-19-11-17(4-5-18(19)22(30)31)28-9-7-27(8-10-28)12-16-13-29-6-2-1-3-21(29)26-16/h4-5,11,13,15,20H,1-3,6-10,12,14H2. The van der Waals surface area contributed by atoms with E-state index in [2.05, 4.69) is 25.5 Å². The van der Waals surface area contributed by atoms with Crippen LogP contribution in [0.1, 0.15) is 24.4 Å². The average Bonchev–Trinajstić information content (AvgIpc) is 3.18. The Kier molecular flexibility index (Phi) is 5.43. The van der Waals surface area contributed by atoms with Gasteiger partial charge in [-0.05, 0) is 31.0 Å². The van der Waals surface area contributed by atoms with Crippen molar-refractivity contribution >= 4 is 16.6 Å². The van der Waals surface area contributed by atoms with Crippen molar-refractivity contribution in [3.8, 4) is 0 Å². The van der Waals surface area contributed by atoms with Gasteiger partial charge in [0.15, 0.2) is 0 Å². The van der Waals surface area contributed by atoms with E-state index in [4.69, 9.17) is 4.98 Å². The summed E-state index contributed by atoms with van der Waals surface area (Å²) in [5, 5.41) is 0.370. The number of halogens is 2. The summed E-state index contributed by atoms with van der Waals surface area (Å²) in [7, 11) is 0. The molecule has 0 bridgehead atoms. The first-order chi connectivity index (χ1) is 15.1. The van der Waals surface area contributed by atoms with E-state index in [-0.39, 0.29) is 0 Å². The molecule has 0 atom stereocenters. The van der Waals surface area contributed by atoms with Gasteiger partial charge in [0, 0.05) is 57.6 Å². The van der Waals surface area contributed by atoms with E-state index < -0.39 is 18.5 Å². The van der Waals surface area contributed by atoms with Crippen LogP contribution >= 0.6 is 0 Å². The first-order valence-corrected chi connectivity index (χ1v) is 10.9. The Balaban J connectivity index is 1.24. The van der Waals surface area contributed by atoms with E-state index in [0.717, 1.165) is 61.6 Å². The molecule has 0 unspecified atom stereocenters. The van der Waals surface area contributed by atoms with E-state index in [1.54, 1.807) is 6.07 Å². The van der Waals surface area contributed by atoms with Crippen LogP contribution in [-0.4, -0.2) is 56.6 Å².